The molecule has 1 aliphatic heterocycles. The van der Waals surface area contributed by atoms with E-state index in [1.165, 1.54) is 6.07 Å². The van der Waals surface area contributed by atoms with Gasteiger partial charge in [-0.05, 0) is 13.0 Å². The maximum atomic E-state index is 13.6. The summed E-state index contributed by atoms with van der Waals surface area (Å²) in [6.45, 7) is 6.17. The van der Waals surface area contributed by atoms with Gasteiger partial charge in [-0.25, -0.2) is 4.39 Å². The second-order valence-corrected chi connectivity index (χ2v) is 4.70. The van der Waals surface area contributed by atoms with Crippen molar-refractivity contribution >= 4 is 0 Å². The predicted molar refractivity (Wildman–Crippen MR) is 62.1 cm³/mol. The smallest absolute Gasteiger partial charge is 0.165 e. The van der Waals surface area contributed by atoms with E-state index in [1.54, 1.807) is 6.07 Å². The van der Waals surface area contributed by atoms with Gasteiger partial charge in [-0.2, -0.15) is 0 Å². The molecule has 88 valence electrons. The fraction of sp³-hybridized carbons (Fsp3) is 0.538. The van der Waals surface area contributed by atoms with Crippen LogP contribution in [-0.4, -0.2) is 12.1 Å². The molecular formula is C13H18FNO. The molecule has 2 nitrogen and oxygen atoms in total. The molecule has 0 fully saturated rings. The van der Waals surface area contributed by atoms with Crippen molar-refractivity contribution in [3.63, 3.8) is 0 Å². The van der Waals surface area contributed by atoms with Crippen molar-refractivity contribution in [1.82, 2.24) is 5.32 Å². The summed E-state index contributed by atoms with van der Waals surface area (Å²) in [5.74, 6) is 0.152. The van der Waals surface area contributed by atoms with E-state index >= 15 is 0 Å². The predicted octanol–water partition coefficient (Wildman–Crippen LogP) is 3.04. The third-order valence-corrected chi connectivity index (χ3v) is 2.79. The molecule has 2 unspecified atom stereocenters. The van der Waals surface area contributed by atoms with Crippen molar-refractivity contribution in [3.8, 4) is 5.75 Å². The van der Waals surface area contributed by atoms with Crippen LogP contribution in [0.3, 0.4) is 0 Å². The summed E-state index contributed by atoms with van der Waals surface area (Å²) in [5.41, 5.74) is 0.937. The lowest BCUT2D eigenvalue weighted by Gasteiger charge is -2.32. The molecular weight excluding hydrogens is 205 g/mol. The Labute approximate surface area is 95.8 Å². The van der Waals surface area contributed by atoms with E-state index in [9.17, 15) is 4.39 Å². The van der Waals surface area contributed by atoms with Crippen molar-refractivity contribution in [2.24, 2.45) is 0 Å². The Kier molecular flexibility index (Phi) is 3.15. The summed E-state index contributed by atoms with van der Waals surface area (Å²) in [6, 6.07) is 5.69. The normalized spacial score (nSPS) is 24.1. The number of benzene rings is 1. The number of para-hydroxylation sites is 1. The van der Waals surface area contributed by atoms with Crippen molar-refractivity contribution in [1.29, 1.82) is 0 Å². The number of halogens is 1. The first-order chi connectivity index (χ1) is 7.58. The summed E-state index contributed by atoms with van der Waals surface area (Å²) < 4.78 is 19.2. The molecule has 2 atom stereocenters. The van der Waals surface area contributed by atoms with Gasteiger partial charge in [0, 0.05) is 24.1 Å². The van der Waals surface area contributed by atoms with Gasteiger partial charge in [0.15, 0.2) is 11.6 Å². The average Bonchev–Trinajstić information content (AvgIpc) is 2.18. The van der Waals surface area contributed by atoms with Gasteiger partial charge >= 0.3 is 0 Å². The van der Waals surface area contributed by atoms with Crippen molar-refractivity contribution in [2.75, 3.05) is 0 Å². The summed E-state index contributed by atoms with van der Waals surface area (Å²) in [7, 11) is 0. The van der Waals surface area contributed by atoms with Crippen LogP contribution in [0.2, 0.25) is 0 Å². The molecule has 1 N–H and O–H groups in total. The molecule has 0 bridgehead atoms. The van der Waals surface area contributed by atoms with Gasteiger partial charge in [0.05, 0.1) is 6.10 Å². The van der Waals surface area contributed by atoms with Gasteiger partial charge in [0.1, 0.15) is 0 Å². The van der Waals surface area contributed by atoms with E-state index < -0.39 is 0 Å². The summed E-state index contributed by atoms with van der Waals surface area (Å²) in [5, 5.41) is 3.45. The zero-order valence-electron chi connectivity index (χ0n) is 9.96. The van der Waals surface area contributed by atoms with Gasteiger partial charge in [0.2, 0.25) is 0 Å². The maximum absolute atomic E-state index is 13.6. The van der Waals surface area contributed by atoms with Gasteiger partial charge < -0.3 is 10.1 Å². The van der Waals surface area contributed by atoms with Gasteiger partial charge in [0.25, 0.3) is 0 Å². The Hall–Kier alpha value is -1.09. The lowest BCUT2D eigenvalue weighted by Crippen LogP contribution is -2.35. The second-order valence-electron chi connectivity index (χ2n) is 4.70. The van der Waals surface area contributed by atoms with Crippen LogP contribution < -0.4 is 10.1 Å². The van der Waals surface area contributed by atoms with Crippen LogP contribution >= 0.6 is 0 Å². The minimum Gasteiger partial charge on any atom is -0.487 e. The molecule has 0 aliphatic carbocycles. The average molecular weight is 223 g/mol. The Morgan fingerprint density at radius 1 is 1.44 bits per heavy atom. The zero-order chi connectivity index (χ0) is 11.7. The molecule has 0 aromatic heterocycles. The first-order valence-corrected chi connectivity index (χ1v) is 5.79. The summed E-state index contributed by atoms with van der Waals surface area (Å²) in [4.78, 5) is 0. The maximum Gasteiger partial charge on any atom is 0.165 e. The lowest BCUT2D eigenvalue weighted by molar-refractivity contribution is 0.155. The van der Waals surface area contributed by atoms with Crippen molar-refractivity contribution < 1.29 is 9.13 Å². The number of hydrogen-bond acceptors (Lipinski definition) is 2. The standard InChI is InChI=1S/C13H18FNO/c1-8(2)15-12-7-9(3)16-13-10(12)5-4-6-11(13)14/h4-6,8-9,12,15H,7H2,1-3H3. The molecule has 1 heterocycles. The number of hydrogen-bond donors (Lipinski definition) is 1. The van der Waals surface area contributed by atoms with Crippen LogP contribution in [0.15, 0.2) is 18.2 Å². The molecule has 1 aromatic carbocycles. The Balaban J connectivity index is 2.34. The molecule has 16 heavy (non-hydrogen) atoms. The van der Waals surface area contributed by atoms with Crippen LogP contribution in [-0.2, 0) is 0 Å². The first kappa shape index (κ1) is 11.4. The molecule has 0 radical (unpaired) electrons. The highest BCUT2D eigenvalue weighted by Gasteiger charge is 2.27. The molecule has 2 rings (SSSR count). The number of fused-ring (bicyclic) bond motifs is 1. The van der Waals surface area contributed by atoms with E-state index in [-0.39, 0.29) is 18.0 Å². The van der Waals surface area contributed by atoms with Crippen molar-refractivity contribution in [2.45, 2.75) is 45.4 Å². The van der Waals surface area contributed by atoms with Gasteiger partial charge in [-0.1, -0.05) is 26.0 Å². The highest BCUT2D eigenvalue weighted by Crippen LogP contribution is 2.36. The topological polar surface area (TPSA) is 21.3 Å². The molecule has 0 amide bonds. The fourth-order valence-electron chi connectivity index (χ4n) is 2.19. The third kappa shape index (κ3) is 2.19. The highest BCUT2D eigenvalue weighted by molar-refractivity contribution is 5.39. The zero-order valence-corrected chi connectivity index (χ0v) is 9.96. The van der Waals surface area contributed by atoms with Crippen LogP contribution in [0.5, 0.6) is 5.75 Å². The highest BCUT2D eigenvalue weighted by atomic mass is 19.1. The molecule has 3 heteroatoms. The van der Waals surface area contributed by atoms with E-state index in [4.69, 9.17) is 4.74 Å². The SMILES string of the molecule is CC(C)NC1CC(C)Oc2c(F)cccc21. The fourth-order valence-corrected chi connectivity index (χ4v) is 2.19. The van der Waals surface area contributed by atoms with E-state index in [1.807, 2.05) is 13.0 Å². The molecule has 1 aromatic rings. The van der Waals surface area contributed by atoms with Gasteiger partial charge in [-0.15, -0.1) is 0 Å². The Morgan fingerprint density at radius 3 is 2.88 bits per heavy atom. The van der Waals surface area contributed by atoms with Crippen LogP contribution in [0.25, 0.3) is 0 Å². The molecule has 1 aliphatic rings. The molecule has 0 saturated heterocycles. The van der Waals surface area contributed by atoms with E-state index in [0.717, 1.165) is 12.0 Å². The minimum atomic E-state index is -0.264. The van der Waals surface area contributed by atoms with E-state index in [2.05, 4.69) is 19.2 Å². The third-order valence-electron chi connectivity index (χ3n) is 2.79. The monoisotopic (exact) mass is 223 g/mol. The Morgan fingerprint density at radius 2 is 2.19 bits per heavy atom. The van der Waals surface area contributed by atoms with Crippen LogP contribution in [0.1, 0.15) is 38.8 Å². The molecule has 0 spiro atoms. The van der Waals surface area contributed by atoms with Crippen LogP contribution in [0, 0.1) is 5.82 Å². The lowest BCUT2D eigenvalue weighted by atomic mass is 9.96. The van der Waals surface area contributed by atoms with Crippen molar-refractivity contribution in [3.05, 3.63) is 29.6 Å². The van der Waals surface area contributed by atoms with Gasteiger partial charge in [-0.3, -0.25) is 0 Å². The number of nitrogens with one attached hydrogen (secondary N) is 1. The van der Waals surface area contributed by atoms with E-state index in [0.29, 0.717) is 11.8 Å². The second kappa shape index (κ2) is 4.42. The summed E-state index contributed by atoms with van der Waals surface area (Å²) >= 11 is 0. The first-order valence-electron chi connectivity index (χ1n) is 5.79. The Bertz CT molecular complexity index is 378. The number of ether oxygens (including phenoxy) is 1. The largest absolute Gasteiger partial charge is 0.487 e. The molecule has 0 saturated carbocycles. The number of rotatable bonds is 2. The minimum absolute atomic E-state index is 0.0562. The quantitative estimate of drug-likeness (QED) is 0.832. The van der Waals surface area contributed by atoms with Crippen LogP contribution in [0.4, 0.5) is 4.39 Å². The summed E-state index contributed by atoms with van der Waals surface area (Å²) in [6.07, 6.45) is 0.940.